The zero-order valence-electron chi connectivity index (χ0n) is 15.4. The Balaban J connectivity index is 1.50. The second-order valence-corrected chi connectivity index (χ2v) is 7.07. The summed E-state index contributed by atoms with van der Waals surface area (Å²) < 4.78 is 14.0. The monoisotopic (exact) mass is 366 g/mol. The average molecular weight is 366 g/mol. The standard InChI is InChI=1S/C21H23FN4O/c1-21(2,17-5-3-4-6-18(17)22)14-24-20(27)23-13-15-7-9-16(10-8-15)19-11-12-25-26-19/h3-12H,13-14H2,1-2H3,(H,25,26)(H2,23,24,27). The third-order valence-electron chi connectivity index (χ3n) is 4.51. The summed E-state index contributed by atoms with van der Waals surface area (Å²) in [7, 11) is 0. The van der Waals surface area contributed by atoms with Crippen LogP contribution in [-0.4, -0.2) is 22.8 Å². The van der Waals surface area contributed by atoms with E-state index in [2.05, 4.69) is 20.8 Å². The van der Waals surface area contributed by atoms with Crippen molar-refractivity contribution in [3.05, 3.63) is 77.7 Å². The van der Waals surface area contributed by atoms with Crippen LogP contribution < -0.4 is 10.6 Å². The maximum atomic E-state index is 14.0. The molecule has 0 atom stereocenters. The van der Waals surface area contributed by atoms with E-state index in [1.165, 1.54) is 6.07 Å². The van der Waals surface area contributed by atoms with E-state index in [1.807, 2.05) is 44.2 Å². The number of carbonyl (C=O) groups excluding carboxylic acids is 1. The lowest BCUT2D eigenvalue weighted by Crippen LogP contribution is -2.42. The molecule has 2 aromatic carbocycles. The molecule has 0 radical (unpaired) electrons. The number of aromatic nitrogens is 2. The summed E-state index contributed by atoms with van der Waals surface area (Å²) in [6.45, 7) is 4.55. The fraction of sp³-hybridized carbons (Fsp3) is 0.238. The second-order valence-electron chi connectivity index (χ2n) is 7.07. The highest BCUT2D eigenvalue weighted by Crippen LogP contribution is 2.24. The normalized spacial score (nSPS) is 11.2. The lowest BCUT2D eigenvalue weighted by atomic mass is 9.84. The van der Waals surface area contributed by atoms with Crippen LogP contribution in [0.15, 0.2) is 60.8 Å². The number of hydrogen-bond acceptors (Lipinski definition) is 2. The first-order valence-electron chi connectivity index (χ1n) is 8.81. The van der Waals surface area contributed by atoms with Crippen molar-refractivity contribution in [1.82, 2.24) is 20.8 Å². The summed E-state index contributed by atoms with van der Waals surface area (Å²) in [5, 5.41) is 12.5. The molecule has 3 aromatic rings. The molecule has 0 fully saturated rings. The van der Waals surface area contributed by atoms with Gasteiger partial charge in [0.25, 0.3) is 0 Å². The van der Waals surface area contributed by atoms with Crippen LogP contribution in [0.5, 0.6) is 0 Å². The SMILES string of the molecule is CC(C)(CNC(=O)NCc1ccc(-c2ccn[nH]2)cc1)c1ccccc1F. The summed E-state index contributed by atoms with van der Waals surface area (Å²) in [5.41, 5.74) is 3.05. The van der Waals surface area contributed by atoms with E-state index >= 15 is 0 Å². The molecule has 0 unspecified atom stereocenters. The van der Waals surface area contributed by atoms with E-state index < -0.39 is 5.41 Å². The number of aromatic amines is 1. The average Bonchev–Trinajstić information content (AvgIpc) is 3.20. The van der Waals surface area contributed by atoms with Crippen LogP contribution in [0.25, 0.3) is 11.3 Å². The highest BCUT2D eigenvalue weighted by atomic mass is 19.1. The predicted octanol–water partition coefficient (Wildman–Crippen LogP) is 3.99. The van der Waals surface area contributed by atoms with Gasteiger partial charge in [-0.2, -0.15) is 5.10 Å². The molecule has 0 saturated carbocycles. The van der Waals surface area contributed by atoms with Crippen molar-refractivity contribution in [3.63, 3.8) is 0 Å². The number of nitrogens with one attached hydrogen (secondary N) is 3. The minimum absolute atomic E-state index is 0.262. The number of nitrogens with zero attached hydrogens (tertiary/aromatic N) is 1. The molecular weight excluding hydrogens is 343 g/mol. The van der Waals surface area contributed by atoms with Gasteiger partial charge >= 0.3 is 6.03 Å². The Bertz CT molecular complexity index is 889. The van der Waals surface area contributed by atoms with Gasteiger partial charge in [-0.05, 0) is 28.8 Å². The van der Waals surface area contributed by atoms with Gasteiger partial charge in [-0.15, -0.1) is 0 Å². The van der Waals surface area contributed by atoms with Crippen molar-refractivity contribution in [2.45, 2.75) is 25.8 Å². The molecule has 0 bridgehead atoms. The van der Waals surface area contributed by atoms with Crippen LogP contribution in [0.1, 0.15) is 25.0 Å². The molecule has 5 nitrogen and oxygen atoms in total. The number of H-pyrrole nitrogens is 1. The van der Waals surface area contributed by atoms with E-state index in [-0.39, 0.29) is 11.8 Å². The van der Waals surface area contributed by atoms with Gasteiger partial charge in [-0.1, -0.05) is 56.3 Å². The van der Waals surface area contributed by atoms with Gasteiger partial charge in [-0.3, -0.25) is 5.10 Å². The van der Waals surface area contributed by atoms with E-state index in [0.29, 0.717) is 18.7 Å². The molecule has 0 aliphatic carbocycles. The lowest BCUT2D eigenvalue weighted by Gasteiger charge is -2.26. The fourth-order valence-electron chi connectivity index (χ4n) is 2.87. The molecule has 0 spiro atoms. The number of hydrogen-bond donors (Lipinski definition) is 3. The first kappa shape index (κ1) is 18.6. The Hall–Kier alpha value is -3.15. The van der Waals surface area contributed by atoms with Crippen molar-refractivity contribution < 1.29 is 9.18 Å². The summed E-state index contributed by atoms with van der Waals surface area (Å²) in [6.07, 6.45) is 1.71. The largest absolute Gasteiger partial charge is 0.337 e. The third kappa shape index (κ3) is 4.73. The van der Waals surface area contributed by atoms with Crippen molar-refractivity contribution in [2.75, 3.05) is 6.54 Å². The molecular formula is C21H23FN4O. The van der Waals surface area contributed by atoms with Crippen molar-refractivity contribution in [3.8, 4) is 11.3 Å². The number of halogens is 1. The van der Waals surface area contributed by atoms with Crippen LogP contribution in [0.4, 0.5) is 9.18 Å². The van der Waals surface area contributed by atoms with E-state index in [4.69, 9.17) is 0 Å². The molecule has 1 aromatic heterocycles. The van der Waals surface area contributed by atoms with Crippen LogP contribution in [0.3, 0.4) is 0 Å². The van der Waals surface area contributed by atoms with Gasteiger partial charge in [0, 0.05) is 24.7 Å². The topological polar surface area (TPSA) is 69.8 Å². The summed E-state index contributed by atoms with van der Waals surface area (Å²) in [4.78, 5) is 12.1. The Morgan fingerprint density at radius 3 is 2.48 bits per heavy atom. The van der Waals surface area contributed by atoms with Gasteiger partial charge < -0.3 is 10.6 Å². The molecule has 0 aliphatic heterocycles. The number of amides is 2. The number of carbonyl (C=O) groups is 1. The predicted molar refractivity (Wildman–Crippen MR) is 104 cm³/mol. The van der Waals surface area contributed by atoms with Crippen LogP contribution >= 0.6 is 0 Å². The molecule has 27 heavy (non-hydrogen) atoms. The molecule has 1 heterocycles. The maximum Gasteiger partial charge on any atom is 0.315 e. The summed E-state index contributed by atoms with van der Waals surface area (Å²) >= 11 is 0. The van der Waals surface area contributed by atoms with Gasteiger partial charge in [0.05, 0.1) is 5.69 Å². The molecule has 2 amide bonds. The van der Waals surface area contributed by atoms with E-state index in [0.717, 1.165) is 16.8 Å². The zero-order valence-corrected chi connectivity index (χ0v) is 15.4. The molecule has 3 rings (SSSR count). The molecule has 3 N–H and O–H groups in total. The zero-order chi connectivity index (χ0) is 19.3. The number of benzene rings is 2. The van der Waals surface area contributed by atoms with Gasteiger partial charge in [0.1, 0.15) is 5.82 Å². The molecule has 0 saturated heterocycles. The van der Waals surface area contributed by atoms with Crippen molar-refractivity contribution >= 4 is 6.03 Å². The maximum absolute atomic E-state index is 14.0. The summed E-state index contributed by atoms with van der Waals surface area (Å²) in [5.74, 6) is -0.262. The first-order chi connectivity index (χ1) is 13.0. The minimum Gasteiger partial charge on any atom is -0.337 e. The van der Waals surface area contributed by atoms with Gasteiger partial charge in [-0.25, -0.2) is 9.18 Å². The molecule has 0 aliphatic rings. The smallest absolute Gasteiger partial charge is 0.315 e. The first-order valence-corrected chi connectivity index (χ1v) is 8.81. The highest BCUT2D eigenvalue weighted by molar-refractivity contribution is 5.74. The summed E-state index contributed by atoms with van der Waals surface area (Å²) in [6, 6.07) is 16.1. The lowest BCUT2D eigenvalue weighted by molar-refractivity contribution is 0.238. The number of rotatable bonds is 6. The Morgan fingerprint density at radius 2 is 1.81 bits per heavy atom. The third-order valence-corrected chi connectivity index (χ3v) is 4.51. The van der Waals surface area contributed by atoms with E-state index in [9.17, 15) is 9.18 Å². The Labute approximate surface area is 158 Å². The van der Waals surface area contributed by atoms with Crippen molar-refractivity contribution in [1.29, 1.82) is 0 Å². The molecule has 6 heteroatoms. The Kier molecular flexibility index (Phi) is 5.54. The second kappa shape index (κ2) is 8.03. The van der Waals surface area contributed by atoms with Gasteiger partial charge in [0.2, 0.25) is 0 Å². The van der Waals surface area contributed by atoms with Crippen LogP contribution in [-0.2, 0) is 12.0 Å². The quantitative estimate of drug-likeness (QED) is 0.617. The Morgan fingerprint density at radius 1 is 1.07 bits per heavy atom. The van der Waals surface area contributed by atoms with Crippen LogP contribution in [0.2, 0.25) is 0 Å². The minimum atomic E-state index is -0.506. The van der Waals surface area contributed by atoms with E-state index in [1.54, 1.807) is 24.4 Å². The fourth-order valence-corrected chi connectivity index (χ4v) is 2.87. The molecule has 140 valence electrons. The highest BCUT2D eigenvalue weighted by Gasteiger charge is 2.24. The number of urea groups is 1. The van der Waals surface area contributed by atoms with Crippen molar-refractivity contribution in [2.24, 2.45) is 0 Å². The van der Waals surface area contributed by atoms with Gasteiger partial charge in [0.15, 0.2) is 0 Å². The van der Waals surface area contributed by atoms with Crippen LogP contribution in [0, 0.1) is 5.82 Å².